The normalized spacial score (nSPS) is 12.1. The van der Waals surface area contributed by atoms with Gasteiger partial charge in [0.15, 0.2) is 0 Å². The first kappa shape index (κ1) is 12.4. The fraction of sp³-hybridized carbons (Fsp3) is 0.250. The van der Waals surface area contributed by atoms with Gasteiger partial charge in [0.05, 0.1) is 13.2 Å². The number of ether oxygens (including phenoxy) is 1. The SMILES string of the molecule is COc1nccnc1C(Cc1cccnc1)NN. The molecule has 6 nitrogen and oxygen atoms in total. The van der Waals surface area contributed by atoms with Crippen molar-refractivity contribution in [2.24, 2.45) is 5.84 Å². The molecule has 0 amide bonds. The van der Waals surface area contributed by atoms with Gasteiger partial charge in [-0.1, -0.05) is 6.07 Å². The number of nitrogens with one attached hydrogen (secondary N) is 1. The van der Waals surface area contributed by atoms with E-state index in [-0.39, 0.29) is 6.04 Å². The highest BCUT2D eigenvalue weighted by Crippen LogP contribution is 2.22. The van der Waals surface area contributed by atoms with Crippen molar-refractivity contribution < 1.29 is 4.74 Å². The lowest BCUT2D eigenvalue weighted by atomic mass is 10.1. The van der Waals surface area contributed by atoms with Crippen LogP contribution in [0.3, 0.4) is 0 Å². The average Bonchev–Trinajstić information content (AvgIpc) is 2.46. The monoisotopic (exact) mass is 245 g/mol. The number of aromatic nitrogens is 3. The van der Waals surface area contributed by atoms with Crippen LogP contribution in [-0.4, -0.2) is 22.1 Å². The molecule has 0 spiro atoms. The maximum atomic E-state index is 5.58. The molecule has 0 bridgehead atoms. The lowest BCUT2D eigenvalue weighted by Crippen LogP contribution is -2.30. The van der Waals surface area contributed by atoms with Gasteiger partial charge in [-0.25, -0.2) is 4.98 Å². The van der Waals surface area contributed by atoms with Gasteiger partial charge >= 0.3 is 0 Å². The quantitative estimate of drug-likeness (QED) is 0.593. The van der Waals surface area contributed by atoms with Gasteiger partial charge in [0.25, 0.3) is 0 Å². The minimum atomic E-state index is -0.169. The van der Waals surface area contributed by atoms with Crippen molar-refractivity contribution in [3.8, 4) is 5.88 Å². The second kappa shape index (κ2) is 6.04. The molecule has 18 heavy (non-hydrogen) atoms. The summed E-state index contributed by atoms with van der Waals surface area (Å²) in [7, 11) is 1.56. The Balaban J connectivity index is 2.23. The summed E-state index contributed by atoms with van der Waals surface area (Å²) in [5.74, 6) is 6.06. The molecule has 2 aromatic heterocycles. The molecule has 2 heterocycles. The van der Waals surface area contributed by atoms with Gasteiger partial charge in [0.1, 0.15) is 5.69 Å². The third-order valence-electron chi connectivity index (χ3n) is 2.58. The van der Waals surface area contributed by atoms with E-state index in [1.807, 2.05) is 12.1 Å². The topological polar surface area (TPSA) is 86.0 Å². The predicted octanol–water partition coefficient (Wildman–Crippen LogP) is 0.627. The van der Waals surface area contributed by atoms with E-state index in [4.69, 9.17) is 10.6 Å². The maximum Gasteiger partial charge on any atom is 0.237 e. The first-order valence-electron chi connectivity index (χ1n) is 5.55. The van der Waals surface area contributed by atoms with Crippen LogP contribution in [0, 0.1) is 0 Å². The molecule has 0 saturated heterocycles. The summed E-state index contributed by atoms with van der Waals surface area (Å²) in [6, 6.07) is 3.70. The molecule has 94 valence electrons. The van der Waals surface area contributed by atoms with Crippen molar-refractivity contribution in [2.75, 3.05) is 7.11 Å². The molecule has 0 radical (unpaired) electrons. The summed E-state index contributed by atoms with van der Waals surface area (Å²) in [5, 5.41) is 0. The molecule has 0 aliphatic rings. The second-order valence-electron chi connectivity index (χ2n) is 3.74. The van der Waals surface area contributed by atoms with E-state index in [1.54, 1.807) is 31.9 Å². The van der Waals surface area contributed by atoms with Crippen molar-refractivity contribution in [2.45, 2.75) is 12.5 Å². The molecule has 0 fully saturated rings. The van der Waals surface area contributed by atoms with Crippen LogP contribution < -0.4 is 16.0 Å². The summed E-state index contributed by atoms with van der Waals surface area (Å²) >= 11 is 0. The van der Waals surface area contributed by atoms with E-state index < -0.39 is 0 Å². The highest BCUT2D eigenvalue weighted by Gasteiger charge is 2.17. The molecule has 0 aromatic carbocycles. The molecular weight excluding hydrogens is 230 g/mol. The minimum Gasteiger partial charge on any atom is -0.480 e. The third kappa shape index (κ3) is 2.79. The second-order valence-corrected chi connectivity index (χ2v) is 3.74. The fourth-order valence-electron chi connectivity index (χ4n) is 1.72. The number of hydrogen-bond donors (Lipinski definition) is 2. The Hall–Kier alpha value is -2.05. The molecule has 0 saturated carbocycles. The van der Waals surface area contributed by atoms with Crippen LogP contribution in [0.15, 0.2) is 36.9 Å². The Morgan fingerprint density at radius 3 is 2.83 bits per heavy atom. The predicted molar refractivity (Wildman–Crippen MR) is 66.6 cm³/mol. The lowest BCUT2D eigenvalue weighted by Gasteiger charge is -2.16. The number of rotatable bonds is 5. The van der Waals surface area contributed by atoms with Crippen LogP contribution >= 0.6 is 0 Å². The number of hydrogen-bond acceptors (Lipinski definition) is 6. The van der Waals surface area contributed by atoms with Gasteiger partial charge in [0, 0.05) is 24.8 Å². The molecule has 1 atom stereocenters. The third-order valence-corrected chi connectivity index (χ3v) is 2.58. The van der Waals surface area contributed by atoms with E-state index in [2.05, 4.69) is 20.4 Å². The maximum absolute atomic E-state index is 5.58. The number of methoxy groups -OCH3 is 1. The van der Waals surface area contributed by atoms with Crippen LogP contribution in [0.4, 0.5) is 0 Å². The fourth-order valence-corrected chi connectivity index (χ4v) is 1.72. The van der Waals surface area contributed by atoms with Crippen LogP contribution in [-0.2, 0) is 6.42 Å². The minimum absolute atomic E-state index is 0.169. The molecule has 6 heteroatoms. The van der Waals surface area contributed by atoms with Gasteiger partial charge in [-0.2, -0.15) is 0 Å². The van der Waals surface area contributed by atoms with Crippen molar-refractivity contribution >= 4 is 0 Å². The van der Waals surface area contributed by atoms with E-state index in [0.29, 0.717) is 18.0 Å². The summed E-state index contributed by atoms with van der Waals surface area (Å²) in [6.07, 6.45) is 7.40. The van der Waals surface area contributed by atoms with Crippen LogP contribution in [0.25, 0.3) is 0 Å². The van der Waals surface area contributed by atoms with Crippen molar-refractivity contribution in [3.63, 3.8) is 0 Å². The molecule has 2 aromatic rings. The first-order valence-corrected chi connectivity index (χ1v) is 5.55. The van der Waals surface area contributed by atoms with Gasteiger partial charge in [-0.05, 0) is 18.1 Å². The van der Waals surface area contributed by atoms with Gasteiger partial charge in [-0.15, -0.1) is 0 Å². The highest BCUT2D eigenvalue weighted by molar-refractivity contribution is 5.23. The summed E-state index contributed by atoms with van der Waals surface area (Å²) in [4.78, 5) is 12.5. The zero-order valence-corrected chi connectivity index (χ0v) is 10.1. The number of nitrogens with zero attached hydrogens (tertiary/aromatic N) is 3. The molecular formula is C12H15N5O. The zero-order chi connectivity index (χ0) is 12.8. The number of nitrogens with two attached hydrogens (primary N) is 1. The van der Waals surface area contributed by atoms with Gasteiger partial charge in [-0.3, -0.25) is 21.2 Å². The van der Waals surface area contributed by atoms with Crippen molar-refractivity contribution in [3.05, 3.63) is 48.2 Å². The van der Waals surface area contributed by atoms with Crippen LogP contribution in [0.5, 0.6) is 5.88 Å². The van der Waals surface area contributed by atoms with E-state index in [9.17, 15) is 0 Å². The van der Waals surface area contributed by atoms with Crippen molar-refractivity contribution in [1.82, 2.24) is 20.4 Å². The molecule has 3 N–H and O–H groups in total. The summed E-state index contributed by atoms with van der Waals surface area (Å²) in [6.45, 7) is 0. The Bertz CT molecular complexity index is 491. The number of hydrazine groups is 1. The first-order chi connectivity index (χ1) is 8.85. The molecule has 1 unspecified atom stereocenters. The van der Waals surface area contributed by atoms with Gasteiger partial charge in [0.2, 0.25) is 5.88 Å². The summed E-state index contributed by atoms with van der Waals surface area (Å²) in [5.41, 5.74) is 4.48. The smallest absolute Gasteiger partial charge is 0.237 e. The highest BCUT2D eigenvalue weighted by atomic mass is 16.5. The largest absolute Gasteiger partial charge is 0.480 e. The molecule has 0 aliphatic heterocycles. The molecule has 0 aliphatic carbocycles. The van der Waals surface area contributed by atoms with E-state index >= 15 is 0 Å². The number of pyridine rings is 1. The van der Waals surface area contributed by atoms with E-state index in [0.717, 1.165) is 5.56 Å². The summed E-state index contributed by atoms with van der Waals surface area (Å²) < 4.78 is 5.18. The van der Waals surface area contributed by atoms with E-state index in [1.165, 1.54) is 0 Å². The van der Waals surface area contributed by atoms with Gasteiger partial charge < -0.3 is 4.74 Å². The Morgan fingerprint density at radius 2 is 2.17 bits per heavy atom. The Labute approximate surface area is 105 Å². The molecule has 2 rings (SSSR count). The Kier molecular flexibility index (Phi) is 4.16. The van der Waals surface area contributed by atoms with Crippen molar-refractivity contribution in [1.29, 1.82) is 0 Å². The zero-order valence-electron chi connectivity index (χ0n) is 10.1. The standard InChI is InChI=1S/C12H15N5O/c1-18-12-11(15-5-6-16-12)10(17-13)7-9-3-2-4-14-8-9/h2-6,8,10,17H,7,13H2,1H3. The lowest BCUT2D eigenvalue weighted by molar-refractivity contribution is 0.377. The van der Waals surface area contributed by atoms with Crippen LogP contribution in [0.2, 0.25) is 0 Å². The Morgan fingerprint density at radius 1 is 1.33 bits per heavy atom. The van der Waals surface area contributed by atoms with Crippen LogP contribution in [0.1, 0.15) is 17.3 Å². The average molecular weight is 245 g/mol.